The van der Waals surface area contributed by atoms with Crippen LogP contribution < -0.4 is 0 Å². The minimum absolute atomic E-state index is 0.506. The van der Waals surface area contributed by atoms with Crippen LogP contribution in [0.4, 0.5) is 0 Å². The van der Waals surface area contributed by atoms with E-state index in [4.69, 9.17) is 4.98 Å². The summed E-state index contributed by atoms with van der Waals surface area (Å²) in [6.45, 7) is 0. The topological polar surface area (TPSA) is 38.1 Å². The summed E-state index contributed by atoms with van der Waals surface area (Å²) < 4.78 is 2.00. The third kappa shape index (κ3) is 2.16. The Balaban J connectivity index is 1.72. The van der Waals surface area contributed by atoms with Crippen LogP contribution in [-0.2, 0) is 12.1 Å². The normalized spacial score (nSPS) is 18.1. The number of hydrogen-bond donors (Lipinski definition) is 1. The van der Waals surface area contributed by atoms with E-state index >= 15 is 0 Å². The first-order chi connectivity index (χ1) is 12.7. The molecule has 1 atom stereocenters. The number of thioether (sulfide) groups is 1. The third-order valence-electron chi connectivity index (χ3n) is 5.14. The first-order valence-corrected chi connectivity index (χ1v) is 9.86. The van der Waals surface area contributed by atoms with Crippen molar-refractivity contribution in [3.63, 3.8) is 0 Å². The van der Waals surface area contributed by atoms with Crippen LogP contribution >= 0.6 is 11.8 Å². The van der Waals surface area contributed by atoms with Gasteiger partial charge in [0.15, 0.2) is 5.72 Å². The molecule has 2 heterocycles. The quantitative estimate of drug-likeness (QED) is 0.541. The van der Waals surface area contributed by atoms with E-state index in [0.717, 1.165) is 33.5 Å². The smallest absolute Gasteiger partial charge is 0.174 e. The molecule has 4 heteroatoms. The van der Waals surface area contributed by atoms with Crippen molar-refractivity contribution in [3.05, 3.63) is 83.9 Å². The Bertz CT molecular complexity index is 1120. The van der Waals surface area contributed by atoms with Gasteiger partial charge in [0, 0.05) is 22.4 Å². The van der Waals surface area contributed by atoms with Gasteiger partial charge in [-0.25, -0.2) is 4.98 Å². The standard InChI is InChI=1S/C22H18N2OS/c1-26-16-12-10-15(11-13-16)14-22(25)18-7-3-2-6-17(18)21-23-19-8-4-5-9-20(19)24(21)22/h2-13,25H,14H2,1H3. The first-order valence-electron chi connectivity index (χ1n) is 8.64. The van der Waals surface area contributed by atoms with Crippen molar-refractivity contribution in [2.75, 3.05) is 6.26 Å². The van der Waals surface area contributed by atoms with Gasteiger partial charge in [-0.05, 0) is 36.1 Å². The van der Waals surface area contributed by atoms with Gasteiger partial charge in [-0.3, -0.25) is 4.57 Å². The monoisotopic (exact) mass is 358 g/mol. The van der Waals surface area contributed by atoms with Crippen LogP contribution in [0.15, 0.2) is 77.7 Å². The Labute approximate surface area is 156 Å². The molecule has 0 spiro atoms. The number of aliphatic hydroxyl groups is 1. The summed E-state index contributed by atoms with van der Waals surface area (Å²) in [6.07, 6.45) is 2.58. The lowest BCUT2D eigenvalue weighted by Gasteiger charge is -2.28. The lowest BCUT2D eigenvalue weighted by Crippen LogP contribution is -2.34. The third-order valence-corrected chi connectivity index (χ3v) is 5.88. The molecule has 26 heavy (non-hydrogen) atoms. The molecule has 0 saturated carbocycles. The highest BCUT2D eigenvalue weighted by atomic mass is 32.2. The fourth-order valence-electron chi connectivity index (χ4n) is 3.93. The van der Waals surface area contributed by atoms with Gasteiger partial charge in [0.05, 0.1) is 11.0 Å². The van der Waals surface area contributed by atoms with Gasteiger partial charge in [0.1, 0.15) is 5.82 Å². The summed E-state index contributed by atoms with van der Waals surface area (Å²) in [5, 5.41) is 11.9. The highest BCUT2D eigenvalue weighted by Crippen LogP contribution is 2.45. The maximum Gasteiger partial charge on any atom is 0.174 e. The fraction of sp³-hybridized carbons (Fsp3) is 0.136. The van der Waals surface area contributed by atoms with Crippen molar-refractivity contribution >= 4 is 22.8 Å². The molecule has 1 unspecified atom stereocenters. The fourth-order valence-corrected chi connectivity index (χ4v) is 4.34. The zero-order valence-corrected chi connectivity index (χ0v) is 15.2. The number of rotatable bonds is 3. The van der Waals surface area contributed by atoms with Gasteiger partial charge in [-0.2, -0.15) is 0 Å². The molecule has 0 bridgehead atoms. The van der Waals surface area contributed by atoms with E-state index in [2.05, 4.69) is 30.5 Å². The molecule has 1 aliphatic heterocycles. The van der Waals surface area contributed by atoms with Crippen LogP contribution in [0.2, 0.25) is 0 Å². The number of benzene rings is 3. The number of nitrogens with zero attached hydrogens (tertiary/aromatic N) is 2. The van der Waals surface area contributed by atoms with Crippen LogP contribution in [0.25, 0.3) is 22.4 Å². The van der Waals surface area contributed by atoms with Gasteiger partial charge in [-0.15, -0.1) is 11.8 Å². The average Bonchev–Trinajstić information content (AvgIpc) is 3.18. The Morgan fingerprint density at radius 2 is 1.69 bits per heavy atom. The second-order valence-electron chi connectivity index (χ2n) is 6.65. The van der Waals surface area contributed by atoms with Gasteiger partial charge in [0.2, 0.25) is 0 Å². The predicted molar refractivity (Wildman–Crippen MR) is 106 cm³/mol. The van der Waals surface area contributed by atoms with Crippen molar-refractivity contribution in [2.45, 2.75) is 17.0 Å². The Hall–Kier alpha value is -2.56. The first kappa shape index (κ1) is 15.7. The van der Waals surface area contributed by atoms with Crippen LogP contribution in [0.3, 0.4) is 0 Å². The highest BCUT2D eigenvalue weighted by Gasteiger charge is 2.43. The van der Waals surface area contributed by atoms with Crippen molar-refractivity contribution in [1.29, 1.82) is 0 Å². The van der Waals surface area contributed by atoms with Crippen molar-refractivity contribution in [2.24, 2.45) is 0 Å². The van der Waals surface area contributed by atoms with E-state index in [1.165, 1.54) is 4.90 Å². The zero-order valence-electron chi connectivity index (χ0n) is 14.4. The molecular weight excluding hydrogens is 340 g/mol. The van der Waals surface area contributed by atoms with Gasteiger partial charge >= 0.3 is 0 Å². The summed E-state index contributed by atoms with van der Waals surface area (Å²) in [4.78, 5) is 6.02. The molecule has 0 fully saturated rings. The second-order valence-corrected chi connectivity index (χ2v) is 7.53. The van der Waals surface area contributed by atoms with Crippen LogP contribution in [-0.4, -0.2) is 20.9 Å². The summed E-state index contributed by atoms with van der Waals surface area (Å²) >= 11 is 1.72. The number of imidazole rings is 1. The zero-order chi connectivity index (χ0) is 17.7. The summed E-state index contributed by atoms with van der Waals surface area (Å²) in [5.41, 5.74) is 3.76. The SMILES string of the molecule is CSc1ccc(CC2(O)c3ccccc3-c3nc4ccccc4n32)cc1. The number of hydrogen-bond acceptors (Lipinski definition) is 3. The van der Waals surface area contributed by atoms with E-state index in [-0.39, 0.29) is 0 Å². The molecule has 1 aliphatic rings. The van der Waals surface area contributed by atoms with E-state index in [0.29, 0.717) is 6.42 Å². The highest BCUT2D eigenvalue weighted by molar-refractivity contribution is 7.98. The maximum absolute atomic E-state index is 11.9. The minimum Gasteiger partial charge on any atom is -0.366 e. The Morgan fingerprint density at radius 1 is 0.962 bits per heavy atom. The van der Waals surface area contributed by atoms with E-state index < -0.39 is 5.72 Å². The van der Waals surface area contributed by atoms with Crippen LogP contribution in [0.5, 0.6) is 0 Å². The van der Waals surface area contributed by atoms with Crippen molar-refractivity contribution in [1.82, 2.24) is 9.55 Å². The predicted octanol–water partition coefficient (Wildman–Crippen LogP) is 4.67. The van der Waals surface area contributed by atoms with Gasteiger partial charge < -0.3 is 5.11 Å². The molecule has 0 radical (unpaired) electrons. The molecular formula is C22H18N2OS. The summed E-state index contributed by atoms with van der Waals surface area (Å²) in [7, 11) is 0. The molecule has 3 aromatic carbocycles. The Morgan fingerprint density at radius 3 is 2.50 bits per heavy atom. The lowest BCUT2D eigenvalue weighted by atomic mass is 9.94. The van der Waals surface area contributed by atoms with Gasteiger partial charge in [-0.1, -0.05) is 48.5 Å². The second kappa shape index (κ2) is 5.73. The summed E-state index contributed by atoms with van der Waals surface area (Å²) in [5.74, 6) is 0.838. The van der Waals surface area contributed by atoms with Crippen LogP contribution in [0, 0.1) is 0 Å². The molecule has 0 aliphatic carbocycles. The van der Waals surface area contributed by atoms with E-state index in [1.807, 2.05) is 53.1 Å². The molecule has 128 valence electrons. The number of fused-ring (bicyclic) bond motifs is 5. The molecule has 5 rings (SSSR count). The Kier molecular flexibility index (Phi) is 3.45. The average molecular weight is 358 g/mol. The van der Waals surface area contributed by atoms with Gasteiger partial charge in [0.25, 0.3) is 0 Å². The largest absolute Gasteiger partial charge is 0.366 e. The number of aromatic nitrogens is 2. The maximum atomic E-state index is 11.9. The van der Waals surface area contributed by atoms with Crippen molar-refractivity contribution in [3.8, 4) is 11.4 Å². The molecule has 0 amide bonds. The minimum atomic E-state index is -1.14. The molecule has 1 aromatic heterocycles. The summed E-state index contributed by atoms with van der Waals surface area (Å²) in [6, 6.07) is 24.5. The molecule has 4 aromatic rings. The molecule has 1 N–H and O–H groups in total. The van der Waals surface area contributed by atoms with Crippen molar-refractivity contribution < 1.29 is 5.11 Å². The lowest BCUT2D eigenvalue weighted by molar-refractivity contribution is 0.0176. The van der Waals surface area contributed by atoms with E-state index in [9.17, 15) is 5.11 Å². The number of para-hydroxylation sites is 2. The van der Waals surface area contributed by atoms with Crippen LogP contribution in [0.1, 0.15) is 11.1 Å². The van der Waals surface area contributed by atoms with E-state index in [1.54, 1.807) is 11.8 Å². The molecule has 3 nitrogen and oxygen atoms in total. The molecule has 0 saturated heterocycles.